The van der Waals surface area contributed by atoms with Crippen molar-refractivity contribution in [2.24, 2.45) is 0 Å². The van der Waals surface area contributed by atoms with Crippen molar-refractivity contribution in [3.63, 3.8) is 0 Å². The first-order valence-electron chi connectivity index (χ1n) is 5.30. The van der Waals surface area contributed by atoms with Crippen LogP contribution in [0.1, 0.15) is 49.0 Å². The van der Waals surface area contributed by atoms with E-state index >= 15 is 0 Å². The van der Waals surface area contributed by atoms with Crippen LogP contribution in [0.15, 0.2) is 24.3 Å². The van der Waals surface area contributed by atoms with E-state index in [2.05, 4.69) is 19.9 Å². The summed E-state index contributed by atoms with van der Waals surface area (Å²) < 4.78 is 0. The molecule has 0 unspecified atom stereocenters. The lowest BCUT2D eigenvalue weighted by Crippen LogP contribution is -2.29. The lowest BCUT2D eigenvalue weighted by Gasteiger charge is -2.34. The van der Waals surface area contributed by atoms with Crippen LogP contribution in [0.2, 0.25) is 0 Å². The van der Waals surface area contributed by atoms with Gasteiger partial charge in [-0.25, -0.2) is 0 Å². The minimum atomic E-state index is 0.213. The molecule has 0 amide bonds. The Labute approximate surface area is 85.1 Å². The third-order valence-corrected chi connectivity index (χ3v) is 3.56. The maximum atomic E-state index is 11.7. The fraction of sp³-hybridized carbons (Fsp3) is 0.462. The third kappa shape index (κ3) is 1.28. The third-order valence-electron chi connectivity index (χ3n) is 3.56. The van der Waals surface area contributed by atoms with E-state index in [-0.39, 0.29) is 5.41 Å². The average Bonchev–Trinajstić information content (AvgIpc) is 2.24. The molecule has 0 heterocycles. The zero-order chi connectivity index (χ0) is 10.2. The van der Waals surface area contributed by atoms with Gasteiger partial charge in [-0.05, 0) is 23.8 Å². The van der Waals surface area contributed by atoms with Gasteiger partial charge in [-0.3, -0.25) is 4.79 Å². The average molecular weight is 188 g/mol. The number of ketones is 1. The molecule has 1 aliphatic carbocycles. The first-order chi connectivity index (χ1) is 6.67. The summed E-state index contributed by atoms with van der Waals surface area (Å²) in [6, 6.07) is 8.06. The van der Waals surface area contributed by atoms with Gasteiger partial charge in [0.1, 0.15) is 0 Å². The van der Waals surface area contributed by atoms with Gasteiger partial charge in [-0.2, -0.15) is 0 Å². The summed E-state index contributed by atoms with van der Waals surface area (Å²) in [7, 11) is 0. The van der Waals surface area contributed by atoms with E-state index in [1.165, 1.54) is 5.56 Å². The van der Waals surface area contributed by atoms with Gasteiger partial charge >= 0.3 is 0 Å². The molecule has 14 heavy (non-hydrogen) atoms. The predicted molar refractivity (Wildman–Crippen MR) is 57.6 cm³/mol. The molecular formula is C13H16O. The van der Waals surface area contributed by atoms with E-state index in [1.807, 2.05) is 18.2 Å². The van der Waals surface area contributed by atoms with Crippen molar-refractivity contribution >= 4 is 5.78 Å². The van der Waals surface area contributed by atoms with Crippen molar-refractivity contribution in [3.05, 3.63) is 35.4 Å². The van der Waals surface area contributed by atoms with E-state index in [9.17, 15) is 4.79 Å². The Balaban J connectivity index is 2.57. The summed E-state index contributed by atoms with van der Waals surface area (Å²) in [6.07, 6.45) is 2.82. The summed E-state index contributed by atoms with van der Waals surface area (Å²) in [5.74, 6) is 0.312. The molecule has 0 saturated heterocycles. The standard InChI is InChI=1S/C13H16O/c1-3-13(2)9-8-12(14)10-6-4-5-7-11(10)13/h4-7H,3,8-9H2,1-2H3/t13-/m1/s1. The molecular weight excluding hydrogens is 172 g/mol. The van der Waals surface area contributed by atoms with Gasteiger partial charge in [0.2, 0.25) is 0 Å². The van der Waals surface area contributed by atoms with Gasteiger partial charge in [0.05, 0.1) is 0 Å². The van der Waals surface area contributed by atoms with Crippen molar-refractivity contribution < 1.29 is 4.79 Å². The number of Topliss-reactive ketones (excluding diaryl/α,β-unsaturated/α-hetero) is 1. The highest BCUT2D eigenvalue weighted by molar-refractivity contribution is 5.99. The van der Waals surface area contributed by atoms with Crippen LogP contribution in [-0.2, 0) is 5.41 Å². The van der Waals surface area contributed by atoms with Gasteiger partial charge in [0.15, 0.2) is 5.78 Å². The molecule has 1 heteroatoms. The fourth-order valence-electron chi connectivity index (χ4n) is 2.28. The number of carbonyl (C=O) groups is 1. The largest absolute Gasteiger partial charge is 0.294 e. The van der Waals surface area contributed by atoms with Gasteiger partial charge in [0.25, 0.3) is 0 Å². The van der Waals surface area contributed by atoms with Crippen LogP contribution in [0, 0.1) is 0 Å². The SMILES string of the molecule is CC[C@]1(C)CCC(=O)c2ccccc21. The van der Waals surface area contributed by atoms with Crippen LogP contribution in [-0.4, -0.2) is 5.78 Å². The zero-order valence-electron chi connectivity index (χ0n) is 8.84. The van der Waals surface area contributed by atoms with E-state index in [4.69, 9.17) is 0 Å². The van der Waals surface area contributed by atoms with E-state index in [0.29, 0.717) is 12.2 Å². The minimum absolute atomic E-state index is 0.213. The van der Waals surface area contributed by atoms with E-state index in [0.717, 1.165) is 18.4 Å². The van der Waals surface area contributed by atoms with Gasteiger partial charge in [0, 0.05) is 12.0 Å². The smallest absolute Gasteiger partial charge is 0.163 e. The summed E-state index contributed by atoms with van der Waals surface area (Å²) in [5.41, 5.74) is 2.41. The van der Waals surface area contributed by atoms with E-state index in [1.54, 1.807) is 0 Å². The number of rotatable bonds is 1. The molecule has 1 aromatic rings. The summed E-state index contributed by atoms with van der Waals surface area (Å²) >= 11 is 0. The molecule has 0 spiro atoms. The summed E-state index contributed by atoms with van der Waals surface area (Å²) in [4.78, 5) is 11.7. The van der Waals surface area contributed by atoms with Crippen molar-refractivity contribution in [3.8, 4) is 0 Å². The summed E-state index contributed by atoms with van der Waals surface area (Å²) in [5, 5.41) is 0. The predicted octanol–water partition coefficient (Wildman–Crippen LogP) is 3.33. The molecule has 0 N–H and O–H groups in total. The normalized spacial score (nSPS) is 26.0. The quantitative estimate of drug-likeness (QED) is 0.660. The first kappa shape index (κ1) is 9.45. The van der Waals surface area contributed by atoms with E-state index < -0.39 is 0 Å². The van der Waals surface area contributed by atoms with Crippen LogP contribution >= 0.6 is 0 Å². The van der Waals surface area contributed by atoms with Crippen LogP contribution in [0.4, 0.5) is 0 Å². The van der Waals surface area contributed by atoms with Crippen LogP contribution in [0.25, 0.3) is 0 Å². The van der Waals surface area contributed by atoms with Crippen molar-refractivity contribution in [1.82, 2.24) is 0 Å². The Hall–Kier alpha value is -1.11. The second-order valence-electron chi connectivity index (χ2n) is 4.38. The Kier molecular flexibility index (Phi) is 2.18. The molecule has 1 aromatic carbocycles. The Bertz CT molecular complexity index is 367. The lowest BCUT2D eigenvalue weighted by atomic mass is 9.69. The van der Waals surface area contributed by atoms with Crippen molar-refractivity contribution in [2.75, 3.05) is 0 Å². The molecule has 0 radical (unpaired) electrons. The molecule has 0 saturated carbocycles. The van der Waals surface area contributed by atoms with Crippen molar-refractivity contribution in [2.45, 2.75) is 38.5 Å². The molecule has 0 bridgehead atoms. The molecule has 0 aliphatic heterocycles. The maximum absolute atomic E-state index is 11.7. The van der Waals surface area contributed by atoms with Gasteiger partial charge in [-0.15, -0.1) is 0 Å². The number of benzene rings is 1. The molecule has 1 aliphatic rings. The second kappa shape index (κ2) is 3.23. The molecule has 2 rings (SSSR count). The molecule has 1 nitrogen and oxygen atoms in total. The Morgan fingerprint density at radius 2 is 2.07 bits per heavy atom. The van der Waals surface area contributed by atoms with Crippen LogP contribution < -0.4 is 0 Å². The Morgan fingerprint density at radius 1 is 1.36 bits per heavy atom. The number of carbonyl (C=O) groups excluding carboxylic acids is 1. The van der Waals surface area contributed by atoms with Gasteiger partial charge in [-0.1, -0.05) is 38.1 Å². The van der Waals surface area contributed by atoms with Crippen molar-refractivity contribution in [1.29, 1.82) is 0 Å². The zero-order valence-corrected chi connectivity index (χ0v) is 8.84. The second-order valence-corrected chi connectivity index (χ2v) is 4.38. The molecule has 0 aromatic heterocycles. The first-order valence-corrected chi connectivity index (χ1v) is 5.30. The molecule has 0 fully saturated rings. The van der Waals surface area contributed by atoms with Crippen LogP contribution in [0.3, 0.4) is 0 Å². The number of hydrogen-bond donors (Lipinski definition) is 0. The van der Waals surface area contributed by atoms with Gasteiger partial charge < -0.3 is 0 Å². The number of hydrogen-bond acceptors (Lipinski definition) is 1. The Morgan fingerprint density at radius 3 is 2.79 bits per heavy atom. The highest BCUT2D eigenvalue weighted by Crippen LogP contribution is 2.39. The summed E-state index contributed by atoms with van der Waals surface area (Å²) in [6.45, 7) is 4.46. The monoisotopic (exact) mass is 188 g/mol. The highest BCUT2D eigenvalue weighted by atomic mass is 16.1. The van der Waals surface area contributed by atoms with Crippen LogP contribution in [0.5, 0.6) is 0 Å². The fourth-order valence-corrected chi connectivity index (χ4v) is 2.28. The highest BCUT2D eigenvalue weighted by Gasteiger charge is 2.33. The topological polar surface area (TPSA) is 17.1 Å². The maximum Gasteiger partial charge on any atom is 0.163 e. The number of fused-ring (bicyclic) bond motifs is 1. The molecule has 74 valence electrons. The minimum Gasteiger partial charge on any atom is -0.294 e. The lowest BCUT2D eigenvalue weighted by molar-refractivity contribution is 0.0953. The molecule has 1 atom stereocenters.